The molecule has 6 aromatic carbocycles. The third-order valence-corrected chi connectivity index (χ3v) is 13.9. The lowest BCUT2D eigenvalue weighted by Crippen LogP contribution is -2.41. The van der Waals surface area contributed by atoms with Gasteiger partial charge in [0.1, 0.15) is 11.6 Å². The van der Waals surface area contributed by atoms with E-state index in [2.05, 4.69) is 174 Å². The Bertz CT molecular complexity index is 2910. The molecule has 2 aromatic heterocycles. The number of benzene rings is 6. The van der Waals surface area contributed by atoms with Crippen LogP contribution >= 0.6 is 15.9 Å². The quantitative estimate of drug-likeness (QED) is 0.146. The normalized spacial score (nSPS) is 17.4. The molecule has 70 heavy (non-hydrogen) atoms. The summed E-state index contributed by atoms with van der Waals surface area (Å²) in [5, 5.41) is 0. The first-order valence-electron chi connectivity index (χ1n) is 24.3. The van der Waals surface area contributed by atoms with Crippen molar-refractivity contribution in [2.24, 2.45) is 0 Å². The van der Waals surface area contributed by atoms with Gasteiger partial charge < -0.3 is 28.0 Å². The van der Waals surface area contributed by atoms with Crippen LogP contribution in [-0.2, 0) is 28.0 Å². The summed E-state index contributed by atoms with van der Waals surface area (Å²) in [6, 6.07) is 53.8. The van der Waals surface area contributed by atoms with Crippen LogP contribution in [0.4, 0.5) is 0 Å². The first-order valence-corrected chi connectivity index (χ1v) is 25.1. The molecule has 3 saturated heterocycles. The van der Waals surface area contributed by atoms with Crippen molar-refractivity contribution in [1.82, 2.24) is 19.1 Å². The molecular weight excluding hydrogens is 938 g/mol. The van der Waals surface area contributed by atoms with Crippen molar-refractivity contribution in [3.63, 3.8) is 0 Å². The van der Waals surface area contributed by atoms with Crippen LogP contribution in [0.2, 0.25) is 0 Å². The average Bonchev–Trinajstić information content (AvgIpc) is 4.18. The molecule has 3 aliphatic heterocycles. The van der Waals surface area contributed by atoms with E-state index in [1.807, 2.05) is 77.9 Å². The lowest BCUT2D eigenvalue weighted by atomic mass is 9.79. The van der Waals surface area contributed by atoms with Crippen molar-refractivity contribution < 1.29 is 28.0 Å². The van der Waals surface area contributed by atoms with E-state index < -0.39 is 7.32 Å². The van der Waals surface area contributed by atoms with E-state index in [1.54, 1.807) is 0 Å². The van der Waals surface area contributed by atoms with Gasteiger partial charge in [-0.1, -0.05) is 113 Å². The molecule has 8 aromatic rings. The van der Waals surface area contributed by atoms with Crippen LogP contribution < -0.4 is 5.46 Å². The number of halogens is 1. The second-order valence-corrected chi connectivity index (χ2v) is 20.9. The number of hydrogen-bond acceptors (Lipinski definition) is 8. The lowest BCUT2D eigenvalue weighted by Gasteiger charge is -2.32. The summed E-state index contributed by atoms with van der Waals surface area (Å²) in [6.45, 7) is 22.3. The van der Waals surface area contributed by atoms with Crippen LogP contribution in [0.15, 0.2) is 162 Å². The predicted molar refractivity (Wildman–Crippen MR) is 289 cm³/mol. The van der Waals surface area contributed by atoms with E-state index in [9.17, 15) is 0 Å². The summed E-state index contributed by atoms with van der Waals surface area (Å²) in [5.41, 5.74) is 8.27. The van der Waals surface area contributed by atoms with Gasteiger partial charge in [-0.05, 0) is 148 Å². The van der Waals surface area contributed by atoms with Crippen LogP contribution in [0.5, 0.6) is 0 Å². The molecule has 0 bridgehead atoms. The fourth-order valence-electron chi connectivity index (χ4n) is 8.06. The summed E-state index contributed by atoms with van der Waals surface area (Å²) in [7, 11) is -0.887. The van der Waals surface area contributed by atoms with Crippen molar-refractivity contribution >= 4 is 57.9 Å². The molecule has 0 N–H and O–H groups in total. The monoisotopic (exact) mass is 1000 g/mol. The fraction of sp³-hybridized carbons (Fsp3) is 0.333. The summed E-state index contributed by atoms with van der Waals surface area (Å²) in [6.07, 6.45) is 2.68. The maximum atomic E-state index is 6.19. The number of rotatable bonds is 7. The van der Waals surface area contributed by atoms with E-state index in [0.717, 1.165) is 79.4 Å². The molecule has 0 atom stereocenters. The Morgan fingerprint density at radius 2 is 0.886 bits per heavy atom. The Kier molecular flexibility index (Phi) is 15.7. The van der Waals surface area contributed by atoms with Crippen molar-refractivity contribution in [1.29, 1.82) is 0 Å². The van der Waals surface area contributed by atoms with E-state index in [0.29, 0.717) is 0 Å². The number of ether oxygens (including phenoxy) is 1. The van der Waals surface area contributed by atoms with Crippen molar-refractivity contribution in [3.05, 3.63) is 162 Å². The highest BCUT2D eigenvalue weighted by Crippen LogP contribution is 2.38. The second-order valence-electron chi connectivity index (χ2n) is 20.0. The molecule has 0 saturated carbocycles. The zero-order chi connectivity index (χ0) is 49.7. The minimum Gasteiger partial charge on any atom is -0.399 e. The topological polar surface area (TPSA) is 91.0 Å². The van der Waals surface area contributed by atoms with Gasteiger partial charge in [-0.3, -0.25) is 9.13 Å². The molecular formula is C57H65B2BrN4O6. The third-order valence-electron chi connectivity index (χ3n) is 13.4. The highest BCUT2D eigenvalue weighted by molar-refractivity contribution is 9.10. The molecule has 5 heterocycles. The fourth-order valence-corrected chi connectivity index (χ4v) is 8.32. The Morgan fingerprint density at radius 3 is 1.29 bits per heavy atom. The molecule has 0 aliphatic carbocycles. The summed E-state index contributed by atoms with van der Waals surface area (Å²) < 4.78 is 39.5. The predicted octanol–water partition coefficient (Wildman–Crippen LogP) is 13.2. The maximum Gasteiger partial charge on any atom is 0.640 e. The molecule has 3 fully saturated rings. The number of hydrogen-bond donors (Lipinski definition) is 0. The minimum absolute atomic E-state index is 0.120. The highest BCUT2D eigenvalue weighted by atomic mass is 79.9. The minimum atomic E-state index is -0.523. The molecule has 10 nitrogen and oxygen atoms in total. The molecule has 0 spiro atoms. The Morgan fingerprint density at radius 1 is 0.500 bits per heavy atom. The number of nitrogens with zero attached hydrogens (tertiary/aromatic N) is 4. The van der Waals surface area contributed by atoms with Gasteiger partial charge in [0, 0.05) is 46.3 Å². The highest BCUT2D eigenvalue weighted by Gasteiger charge is 2.53. The van der Waals surface area contributed by atoms with Crippen LogP contribution in [0.3, 0.4) is 0 Å². The number of imidazole rings is 2. The maximum absolute atomic E-state index is 6.19. The van der Waals surface area contributed by atoms with Crippen molar-refractivity contribution in [2.75, 3.05) is 13.2 Å². The first-order chi connectivity index (χ1) is 33.4. The smallest absolute Gasteiger partial charge is 0.399 e. The zero-order valence-electron chi connectivity index (χ0n) is 42.2. The standard InChI is InChI=1S/C25H25BN2O2.C19H13BrN2.C9H19BO3.C4H8O/c1-24(2)25(3,4)30-26(29-24)19-16-14-18(15-17-19)23-27-21-12-8-9-13-22(21)28(23)20-10-6-5-7-11-20;20-15-12-10-14(11-13-15)19-21-17-8-4-5-9-18(17)22(19)16-6-2-1-3-7-16;1-7(2)11-10-12-8(3,4)9(5,6)13-10;1-2-4-5-3-1/h5-17H,1-4H3;1-13H;7H,1-6H3;1-4H2. The Labute approximate surface area is 423 Å². The van der Waals surface area contributed by atoms with Crippen molar-refractivity contribution in [3.8, 4) is 34.2 Å². The molecule has 0 radical (unpaired) electrons. The van der Waals surface area contributed by atoms with E-state index in [1.165, 1.54) is 12.8 Å². The second kappa shape index (κ2) is 21.5. The molecule has 11 rings (SSSR count). The van der Waals surface area contributed by atoms with Gasteiger partial charge in [0.15, 0.2) is 0 Å². The number of aromatic nitrogens is 4. The van der Waals surface area contributed by atoms with Crippen LogP contribution in [-0.4, -0.2) is 75.3 Å². The Balaban J connectivity index is 0.000000143. The molecule has 0 amide bonds. The van der Waals surface area contributed by atoms with Gasteiger partial charge in [-0.15, -0.1) is 0 Å². The van der Waals surface area contributed by atoms with Gasteiger partial charge in [0.2, 0.25) is 0 Å². The van der Waals surface area contributed by atoms with Crippen LogP contribution in [0.1, 0.15) is 82.1 Å². The Hall–Kier alpha value is -5.37. The van der Waals surface area contributed by atoms with Gasteiger partial charge in [-0.25, -0.2) is 9.97 Å². The summed E-state index contributed by atoms with van der Waals surface area (Å²) >= 11 is 3.49. The van der Waals surface area contributed by atoms with Crippen LogP contribution in [0, 0.1) is 0 Å². The average molecular weight is 1000 g/mol. The van der Waals surface area contributed by atoms with Gasteiger partial charge in [-0.2, -0.15) is 0 Å². The summed E-state index contributed by atoms with van der Waals surface area (Å²) in [5.74, 6) is 1.88. The van der Waals surface area contributed by atoms with E-state index in [4.69, 9.17) is 38.0 Å². The van der Waals surface area contributed by atoms with Gasteiger partial charge in [0.25, 0.3) is 0 Å². The van der Waals surface area contributed by atoms with Gasteiger partial charge in [0.05, 0.1) is 44.5 Å². The molecule has 13 heteroatoms. The first kappa shape index (κ1) is 51.0. The molecule has 362 valence electrons. The lowest BCUT2D eigenvalue weighted by molar-refractivity contribution is 0.00578. The van der Waals surface area contributed by atoms with Gasteiger partial charge >= 0.3 is 14.4 Å². The van der Waals surface area contributed by atoms with E-state index >= 15 is 0 Å². The largest absolute Gasteiger partial charge is 0.640 e. The summed E-state index contributed by atoms with van der Waals surface area (Å²) in [4.78, 5) is 9.77. The molecule has 0 unspecified atom stereocenters. The van der Waals surface area contributed by atoms with Crippen LogP contribution in [0.25, 0.3) is 56.2 Å². The number of para-hydroxylation sites is 6. The van der Waals surface area contributed by atoms with Crippen molar-refractivity contribution in [2.45, 2.75) is 111 Å². The molecule has 3 aliphatic rings. The number of fused-ring (bicyclic) bond motifs is 2. The third kappa shape index (κ3) is 11.5. The zero-order valence-corrected chi connectivity index (χ0v) is 43.8. The van der Waals surface area contributed by atoms with E-state index in [-0.39, 0.29) is 35.6 Å². The SMILES string of the molecule is Brc1ccc(-c2nc3ccccc3n2-c2ccccc2)cc1.C1CCOC1.CC(C)OB1OC(C)(C)C(C)(C)O1.CC1(C)OB(c2ccc(-c3nc4ccccc4n3-c3ccccc3)cc2)OC1(C)C.